The van der Waals surface area contributed by atoms with Crippen molar-refractivity contribution in [1.29, 1.82) is 0 Å². The first-order chi connectivity index (χ1) is 8.33. The molecule has 0 saturated heterocycles. The Morgan fingerprint density at radius 2 is 2.12 bits per heavy atom. The Hall–Kier alpha value is -1.46. The maximum atomic E-state index is 11.7. The number of carbonyl (C=O) groups excluding carboxylic acids is 1. The van der Waals surface area contributed by atoms with Crippen molar-refractivity contribution in [3.63, 3.8) is 0 Å². The van der Waals surface area contributed by atoms with Crippen LogP contribution in [0.25, 0.3) is 11.3 Å². The zero-order valence-electron chi connectivity index (χ0n) is 8.80. The standard InChI is InChI=1S/C11H9ClN2O2S/c12-6-7-16-11(15)10-9(13-14-17-10)8-4-2-1-3-5-8/h1-5H,6-7H2. The molecule has 0 unspecified atom stereocenters. The Morgan fingerprint density at radius 3 is 2.82 bits per heavy atom. The van der Waals surface area contributed by atoms with Crippen molar-refractivity contribution in [2.24, 2.45) is 0 Å². The lowest BCUT2D eigenvalue weighted by molar-refractivity contribution is 0.0535. The molecule has 0 spiro atoms. The van der Waals surface area contributed by atoms with E-state index in [0.717, 1.165) is 17.1 Å². The second-order valence-electron chi connectivity index (χ2n) is 3.14. The largest absolute Gasteiger partial charge is 0.460 e. The van der Waals surface area contributed by atoms with Gasteiger partial charge < -0.3 is 4.74 Å². The van der Waals surface area contributed by atoms with Crippen molar-refractivity contribution in [1.82, 2.24) is 9.59 Å². The number of hydrogen-bond acceptors (Lipinski definition) is 5. The van der Waals surface area contributed by atoms with Crippen molar-refractivity contribution < 1.29 is 9.53 Å². The summed E-state index contributed by atoms with van der Waals surface area (Å²) >= 11 is 6.48. The molecule has 1 heterocycles. The van der Waals surface area contributed by atoms with Crippen LogP contribution in [-0.4, -0.2) is 28.0 Å². The van der Waals surface area contributed by atoms with Crippen LogP contribution in [0.5, 0.6) is 0 Å². The average molecular weight is 269 g/mol. The van der Waals surface area contributed by atoms with Crippen molar-refractivity contribution in [2.45, 2.75) is 0 Å². The van der Waals surface area contributed by atoms with Gasteiger partial charge in [-0.25, -0.2) is 4.79 Å². The van der Waals surface area contributed by atoms with Crippen molar-refractivity contribution in [3.8, 4) is 11.3 Å². The predicted octanol–water partition coefficient (Wildman–Crippen LogP) is 2.60. The molecule has 0 aliphatic heterocycles. The molecule has 4 nitrogen and oxygen atoms in total. The summed E-state index contributed by atoms with van der Waals surface area (Å²) in [7, 11) is 0. The van der Waals surface area contributed by atoms with Gasteiger partial charge in [0.05, 0.1) is 5.88 Å². The zero-order valence-corrected chi connectivity index (χ0v) is 10.4. The van der Waals surface area contributed by atoms with Crippen LogP contribution in [0.3, 0.4) is 0 Å². The Bertz CT molecular complexity index is 501. The molecule has 0 radical (unpaired) electrons. The molecule has 1 aromatic carbocycles. The second-order valence-corrected chi connectivity index (χ2v) is 4.27. The molecule has 0 aliphatic carbocycles. The van der Waals surface area contributed by atoms with E-state index in [0.29, 0.717) is 10.6 Å². The fourth-order valence-corrected chi connectivity index (χ4v) is 1.97. The molecule has 0 fully saturated rings. The average Bonchev–Trinajstić information content (AvgIpc) is 2.86. The van der Waals surface area contributed by atoms with Gasteiger partial charge in [0, 0.05) is 5.56 Å². The van der Waals surface area contributed by atoms with E-state index in [1.165, 1.54) is 0 Å². The van der Waals surface area contributed by atoms with Gasteiger partial charge in [0.1, 0.15) is 12.3 Å². The minimum Gasteiger partial charge on any atom is -0.460 e. The van der Waals surface area contributed by atoms with Crippen LogP contribution in [0, 0.1) is 0 Å². The molecule has 2 rings (SSSR count). The third kappa shape index (κ3) is 2.81. The molecule has 2 aromatic rings. The normalized spacial score (nSPS) is 10.2. The fraction of sp³-hybridized carbons (Fsp3) is 0.182. The van der Waals surface area contributed by atoms with Crippen molar-refractivity contribution in [2.75, 3.05) is 12.5 Å². The summed E-state index contributed by atoms with van der Waals surface area (Å²) < 4.78 is 8.74. The third-order valence-electron chi connectivity index (χ3n) is 2.03. The predicted molar refractivity (Wildman–Crippen MR) is 66.3 cm³/mol. The quantitative estimate of drug-likeness (QED) is 0.632. The smallest absolute Gasteiger partial charge is 0.352 e. The van der Waals surface area contributed by atoms with E-state index in [4.69, 9.17) is 16.3 Å². The Kier molecular flexibility index (Phi) is 4.06. The first-order valence-electron chi connectivity index (χ1n) is 4.94. The van der Waals surface area contributed by atoms with E-state index < -0.39 is 5.97 Å². The van der Waals surface area contributed by atoms with Crippen LogP contribution in [-0.2, 0) is 4.74 Å². The summed E-state index contributed by atoms with van der Waals surface area (Å²) in [5.41, 5.74) is 1.40. The Morgan fingerprint density at radius 1 is 1.35 bits per heavy atom. The van der Waals surface area contributed by atoms with Crippen LogP contribution in [0.1, 0.15) is 9.67 Å². The van der Waals surface area contributed by atoms with Gasteiger partial charge in [0.15, 0.2) is 4.88 Å². The monoisotopic (exact) mass is 268 g/mol. The summed E-state index contributed by atoms with van der Waals surface area (Å²) in [5, 5.41) is 3.95. The molecule has 0 saturated carbocycles. The molecule has 0 aliphatic rings. The van der Waals surface area contributed by atoms with Gasteiger partial charge >= 0.3 is 5.97 Å². The van der Waals surface area contributed by atoms with Crippen molar-refractivity contribution in [3.05, 3.63) is 35.2 Å². The summed E-state index contributed by atoms with van der Waals surface area (Å²) in [5.74, 6) is -0.155. The van der Waals surface area contributed by atoms with Gasteiger partial charge in [-0.05, 0) is 11.5 Å². The molecule has 88 valence electrons. The van der Waals surface area contributed by atoms with Crippen LogP contribution >= 0.6 is 23.1 Å². The van der Waals surface area contributed by atoms with Crippen LogP contribution in [0.2, 0.25) is 0 Å². The van der Waals surface area contributed by atoms with Crippen LogP contribution in [0.15, 0.2) is 30.3 Å². The van der Waals surface area contributed by atoms with E-state index in [-0.39, 0.29) is 12.5 Å². The van der Waals surface area contributed by atoms with Gasteiger partial charge in [-0.1, -0.05) is 34.8 Å². The van der Waals surface area contributed by atoms with Gasteiger partial charge in [-0.2, -0.15) is 0 Å². The molecule has 17 heavy (non-hydrogen) atoms. The summed E-state index contributed by atoms with van der Waals surface area (Å²) in [6.45, 7) is 0.187. The van der Waals surface area contributed by atoms with E-state index in [2.05, 4.69) is 9.59 Å². The number of hydrogen-bond donors (Lipinski definition) is 0. The lowest BCUT2D eigenvalue weighted by atomic mass is 10.1. The van der Waals surface area contributed by atoms with Gasteiger partial charge in [0.25, 0.3) is 0 Å². The summed E-state index contributed by atoms with van der Waals surface area (Å²) in [6, 6.07) is 9.39. The molecular weight excluding hydrogens is 260 g/mol. The Labute approximate surface area is 107 Å². The molecule has 0 N–H and O–H groups in total. The topological polar surface area (TPSA) is 52.1 Å². The number of nitrogens with zero attached hydrogens (tertiary/aromatic N) is 2. The van der Waals surface area contributed by atoms with E-state index in [1.807, 2.05) is 30.3 Å². The first kappa shape index (κ1) is 12.0. The Balaban J connectivity index is 2.26. The number of halogens is 1. The number of alkyl halides is 1. The molecule has 6 heteroatoms. The number of aromatic nitrogens is 2. The second kappa shape index (κ2) is 5.75. The highest BCUT2D eigenvalue weighted by Crippen LogP contribution is 2.24. The van der Waals surface area contributed by atoms with Gasteiger partial charge in [-0.15, -0.1) is 16.7 Å². The van der Waals surface area contributed by atoms with Gasteiger partial charge in [0.2, 0.25) is 0 Å². The van der Waals surface area contributed by atoms with Crippen LogP contribution in [0.4, 0.5) is 0 Å². The molecule has 1 aromatic heterocycles. The summed E-state index contributed by atoms with van der Waals surface area (Å²) in [6.07, 6.45) is 0. The number of esters is 1. The number of ether oxygens (including phenoxy) is 1. The van der Waals surface area contributed by atoms with Gasteiger partial charge in [-0.3, -0.25) is 0 Å². The maximum Gasteiger partial charge on any atom is 0.352 e. The number of carbonyl (C=O) groups is 1. The lowest BCUT2D eigenvalue weighted by Crippen LogP contribution is -2.06. The summed E-state index contributed by atoms with van der Waals surface area (Å²) in [4.78, 5) is 12.1. The number of rotatable bonds is 4. The highest BCUT2D eigenvalue weighted by molar-refractivity contribution is 7.08. The molecule has 0 atom stereocenters. The highest BCUT2D eigenvalue weighted by Gasteiger charge is 2.18. The SMILES string of the molecule is O=C(OCCCl)c1snnc1-c1ccccc1. The van der Waals surface area contributed by atoms with Crippen LogP contribution < -0.4 is 0 Å². The molecule has 0 amide bonds. The fourth-order valence-electron chi connectivity index (χ4n) is 1.31. The third-order valence-corrected chi connectivity index (χ3v) is 2.89. The maximum absolute atomic E-state index is 11.7. The minimum absolute atomic E-state index is 0.187. The highest BCUT2D eigenvalue weighted by atomic mass is 35.5. The van der Waals surface area contributed by atoms with E-state index in [9.17, 15) is 4.79 Å². The lowest BCUT2D eigenvalue weighted by Gasteiger charge is -2.01. The van der Waals surface area contributed by atoms with Crippen molar-refractivity contribution >= 4 is 29.1 Å². The molecule has 0 bridgehead atoms. The first-order valence-corrected chi connectivity index (χ1v) is 6.24. The number of benzene rings is 1. The zero-order chi connectivity index (χ0) is 12.1. The van der Waals surface area contributed by atoms with E-state index >= 15 is 0 Å². The van der Waals surface area contributed by atoms with E-state index in [1.54, 1.807) is 0 Å². The minimum atomic E-state index is -0.431. The molecular formula is C11H9ClN2O2S.